The molecule has 0 saturated carbocycles. The predicted molar refractivity (Wildman–Crippen MR) is 147 cm³/mol. The summed E-state index contributed by atoms with van der Waals surface area (Å²) in [5.74, 6) is -0.438. The Morgan fingerprint density at radius 2 is 1.56 bits per heavy atom. The Kier molecular flexibility index (Phi) is 11.2. The molecule has 0 unspecified atom stereocenters. The molecule has 0 fully saturated rings. The highest BCUT2D eigenvalue weighted by Gasteiger charge is 2.27. The lowest BCUT2D eigenvalue weighted by Gasteiger charge is -2.30. The number of anilines is 1. The van der Waals surface area contributed by atoms with E-state index in [0.717, 1.165) is 30.2 Å². The molecule has 0 aromatic heterocycles. The van der Waals surface area contributed by atoms with E-state index in [1.165, 1.54) is 4.31 Å². The highest BCUT2D eigenvalue weighted by Crippen LogP contribution is 2.20. The Morgan fingerprint density at radius 1 is 0.972 bits per heavy atom. The highest BCUT2D eigenvalue weighted by atomic mass is 35.5. The minimum absolute atomic E-state index is 0.00477. The number of halogens is 1. The molecule has 0 bridgehead atoms. The average Bonchev–Trinajstić information content (AvgIpc) is 2.85. The van der Waals surface area contributed by atoms with Gasteiger partial charge in [-0.15, -0.1) is 0 Å². The van der Waals surface area contributed by atoms with Gasteiger partial charge in [0.15, 0.2) is 0 Å². The zero-order chi connectivity index (χ0) is 26.9. The van der Waals surface area contributed by atoms with Gasteiger partial charge in [-0.1, -0.05) is 49.7 Å². The van der Waals surface area contributed by atoms with Gasteiger partial charge in [-0.05, 0) is 68.5 Å². The minimum Gasteiger partial charge on any atom is -0.352 e. The molecule has 7 nitrogen and oxygen atoms in total. The smallest absolute Gasteiger partial charge is 0.242 e. The number of sulfonamides is 1. The first-order chi connectivity index (χ1) is 17.0. The van der Waals surface area contributed by atoms with Crippen LogP contribution < -0.4 is 9.62 Å². The van der Waals surface area contributed by atoms with Crippen LogP contribution in [-0.2, 0) is 32.6 Å². The van der Waals surface area contributed by atoms with Crippen molar-refractivity contribution >= 4 is 39.1 Å². The Bertz CT molecular complexity index is 1100. The zero-order valence-corrected chi connectivity index (χ0v) is 23.4. The van der Waals surface area contributed by atoms with E-state index in [1.807, 2.05) is 45.0 Å². The van der Waals surface area contributed by atoms with Crippen LogP contribution in [0, 0.1) is 0 Å². The Balaban J connectivity index is 2.16. The van der Waals surface area contributed by atoms with Crippen molar-refractivity contribution in [3.8, 4) is 0 Å². The molecule has 0 aliphatic rings. The average molecular weight is 536 g/mol. The summed E-state index contributed by atoms with van der Waals surface area (Å²) in [6.45, 7) is 8.06. The van der Waals surface area contributed by atoms with E-state index in [-0.39, 0.29) is 37.4 Å². The summed E-state index contributed by atoms with van der Waals surface area (Å²) in [5, 5.41) is 3.53. The van der Waals surface area contributed by atoms with Crippen molar-refractivity contribution in [1.82, 2.24) is 10.2 Å². The molecule has 0 aliphatic heterocycles. The number of amides is 2. The third kappa shape index (κ3) is 8.82. The van der Waals surface area contributed by atoms with Crippen molar-refractivity contribution in [2.75, 3.05) is 17.1 Å². The normalized spacial score (nSPS) is 13.1. The number of carbonyl (C=O) groups excluding carboxylic acids is 2. The van der Waals surface area contributed by atoms with Gasteiger partial charge >= 0.3 is 0 Å². The van der Waals surface area contributed by atoms with Crippen LogP contribution in [0.1, 0.15) is 58.1 Å². The second kappa shape index (κ2) is 13.7. The van der Waals surface area contributed by atoms with Crippen molar-refractivity contribution in [3.05, 3.63) is 64.7 Å². The molecular formula is C27H38ClN3O4S. The largest absolute Gasteiger partial charge is 0.352 e. The molecular weight excluding hydrogens is 498 g/mol. The number of benzene rings is 2. The molecule has 9 heteroatoms. The Labute approximate surface area is 220 Å². The first kappa shape index (κ1) is 29.6. The summed E-state index contributed by atoms with van der Waals surface area (Å²) in [4.78, 5) is 27.7. The molecule has 0 saturated heterocycles. The molecule has 0 radical (unpaired) electrons. The number of nitrogens with zero attached hydrogens (tertiary/aromatic N) is 2. The molecule has 1 N–H and O–H groups in total. The fourth-order valence-corrected chi connectivity index (χ4v) is 4.83. The third-order valence-electron chi connectivity index (χ3n) is 6.22. The van der Waals surface area contributed by atoms with Gasteiger partial charge in [0, 0.05) is 30.6 Å². The van der Waals surface area contributed by atoms with E-state index >= 15 is 0 Å². The summed E-state index contributed by atoms with van der Waals surface area (Å²) >= 11 is 6.00. The molecule has 2 aromatic carbocycles. The van der Waals surface area contributed by atoms with Gasteiger partial charge < -0.3 is 10.2 Å². The molecule has 36 heavy (non-hydrogen) atoms. The maximum atomic E-state index is 13.3. The van der Waals surface area contributed by atoms with Crippen molar-refractivity contribution in [3.63, 3.8) is 0 Å². The molecule has 0 spiro atoms. The molecule has 2 atom stereocenters. The van der Waals surface area contributed by atoms with Crippen molar-refractivity contribution in [2.45, 2.75) is 72.0 Å². The number of carbonyl (C=O) groups is 2. The summed E-state index contributed by atoms with van der Waals surface area (Å²) in [7, 11) is -3.52. The quantitative estimate of drug-likeness (QED) is 0.400. The molecule has 0 aliphatic carbocycles. The summed E-state index contributed by atoms with van der Waals surface area (Å²) in [5.41, 5.74) is 2.54. The number of nitrogens with one attached hydrogen (secondary N) is 1. The fourth-order valence-electron chi connectivity index (χ4n) is 3.74. The number of hydrogen-bond acceptors (Lipinski definition) is 4. The van der Waals surface area contributed by atoms with Crippen LogP contribution in [0.15, 0.2) is 48.5 Å². The van der Waals surface area contributed by atoms with E-state index < -0.39 is 16.1 Å². The van der Waals surface area contributed by atoms with Crippen molar-refractivity contribution < 1.29 is 18.0 Å². The van der Waals surface area contributed by atoms with Crippen LogP contribution in [0.25, 0.3) is 0 Å². The zero-order valence-electron chi connectivity index (χ0n) is 21.8. The topological polar surface area (TPSA) is 86.8 Å². The standard InChI is InChI=1S/C27H38ClN3O4S/c1-6-20(3)29-27(33)21(4)30(19-23-10-14-24(28)15-11-23)26(32)9-8-18-31(36(5,34)35)25-16-12-22(7-2)13-17-25/h10-17,20-21H,6-9,18-19H2,1-5H3,(H,29,33)/t20-,21+/m0/s1. The van der Waals surface area contributed by atoms with Crippen LogP contribution in [-0.4, -0.2) is 50.0 Å². The van der Waals surface area contributed by atoms with Gasteiger partial charge in [0.05, 0.1) is 11.9 Å². The van der Waals surface area contributed by atoms with Crippen LogP contribution in [0.5, 0.6) is 0 Å². The second-order valence-corrected chi connectivity index (χ2v) is 11.4. The first-order valence-electron chi connectivity index (χ1n) is 12.4. The van der Waals surface area contributed by atoms with Crippen LogP contribution >= 0.6 is 11.6 Å². The maximum Gasteiger partial charge on any atom is 0.242 e. The van der Waals surface area contributed by atoms with E-state index in [0.29, 0.717) is 17.1 Å². The predicted octanol–water partition coefficient (Wildman–Crippen LogP) is 4.78. The molecule has 198 valence electrons. The number of aryl methyl sites for hydroxylation is 1. The number of hydrogen-bond donors (Lipinski definition) is 1. The monoisotopic (exact) mass is 535 g/mol. The summed E-state index contributed by atoms with van der Waals surface area (Å²) in [6, 6.07) is 13.8. The van der Waals surface area contributed by atoms with Gasteiger partial charge in [0.1, 0.15) is 6.04 Å². The molecule has 2 amide bonds. The first-order valence-corrected chi connectivity index (χ1v) is 14.6. The lowest BCUT2D eigenvalue weighted by atomic mass is 10.1. The SMILES string of the molecule is CCc1ccc(N(CCCC(=O)N(Cc2ccc(Cl)cc2)[C@H](C)C(=O)N[C@@H](C)CC)S(C)(=O)=O)cc1. The fraction of sp³-hybridized carbons (Fsp3) is 0.481. The lowest BCUT2D eigenvalue weighted by molar-refractivity contribution is -0.140. The van der Waals surface area contributed by atoms with Crippen LogP contribution in [0.4, 0.5) is 5.69 Å². The van der Waals surface area contributed by atoms with E-state index in [9.17, 15) is 18.0 Å². The van der Waals surface area contributed by atoms with Crippen molar-refractivity contribution in [2.24, 2.45) is 0 Å². The Hall–Kier alpha value is -2.58. The van der Waals surface area contributed by atoms with Crippen LogP contribution in [0.2, 0.25) is 5.02 Å². The molecule has 2 rings (SSSR count). The highest BCUT2D eigenvalue weighted by molar-refractivity contribution is 7.92. The van der Waals surface area contributed by atoms with E-state index in [4.69, 9.17) is 11.6 Å². The summed E-state index contributed by atoms with van der Waals surface area (Å²) < 4.78 is 26.2. The molecule has 0 heterocycles. The van der Waals surface area contributed by atoms with Gasteiger partial charge in [-0.25, -0.2) is 8.42 Å². The maximum absolute atomic E-state index is 13.3. The van der Waals surface area contributed by atoms with Gasteiger partial charge in [0.2, 0.25) is 21.8 Å². The summed E-state index contributed by atoms with van der Waals surface area (Å²) in [6.07, 6.45) is 3.23. The lowest BCUT2D eigenvalue weighted by Crippen LogP contribution is -2.49. The third-order valence-corrected chi connectivity index (χ3v) is 7.67. The minimum atomic E-state index is -3.52. The number of rotatable bonds is 13. The Morgan fingerprint density at radius 3 is 2.08 bits per heavy atom. The van der Waals surface area contributed by atoms with Crippen molar-refractivity contribution in [1.29, 1.82) is 0 Å². The molecule has 2 aromatic rings. The van der Waals surface area contributed by atoms with E-state index in [1.54, 1.807) is 36.1 Å². The van der Waals surface area contributed by atoms with Gasteiger partial charge in [-0.3, -0.25) is 13.9 Å². The van der Waals surface area contributed by atoms with Gasteiger partial charge in [-0.2, -0.15) is 0 Å². The van der Waals surface area contributed by atoms with E-state index in [2.05, 4.69) is 5.32 Å². The van der Waals surface area contributed by atoms with Crippen LogP contribution in [0.3, 0.4) is 0 Å². The van der Waals surface area contributed by atoms with Gasteiger partial charge in [0.25, 0.3) is 0 Å². The second-order valence-electron chi connectivity index (χ2n) is 9.10.